The van der Waals surface area contributed by atoms with Crippen LogP contribution in [0, 0.1) is 11.6 Å². The third-order valence-corrected chi connectivity index (χ3v) is 2.92. The maximum Gasteiger partial charge on any atom is 0.200 e. The Morgan fingerprint density at radius 3 is 2.89 bits per heavy atom. The number of nitrogens with zero attached hydrogens (tertiary/aromatic N) is 2. The number of benzene rings is 1. The molecule has 0 saturated carbocycles. The van der Waals surface area contributed by atoms with Gasteiger partial charge < -0.3 is 9.30 Å². The lowest BCUT2D eigenvalue weighted by molar-refractivity contribution is 0.271. The Hall–Kier alpha value is -1.43. The molecule has 1 aromatic heterocycles. The Kier molecular flexibility index (Phi) is 3.96. The molecule has 0 bridgehead atoms. The molecule has 0 aliphatic rings. The van der Waals surface area contributed by atoms with Crippen molar-refractivity contribution in [1.29, 1.82) is 0 Å². The van der Waals surface area contributed by atoms with E-state index in [1.807, 2.05) is 11.5 Å². The summed E-state index contributed by atoms with van der Waals surface area (Å²) in [7, 11) is 0. The first-order valence-corrected chi connectivity index (χ1v) is 6.18. The number of aromatic nitrogens is 2. The van der Waals surface area contributed by atoms with E-state index < -0.39 is 11.6 Å². The first-order chi connectivity index (χ1) is 8.61. The van der Waals surface area contributed by atoms with Crippen LogP contribution in [-0.4, -0.2) is 9.55 Å². The number of hydrogen-bond donors (Lipinski definition) is 0. The van der Waals surface area contributed by atoms with Crippen LogP contribution in [-0.2, 0) is 13.2 Å². The summed E-state index contributed by atoms with van der Waals surface area (Å²) in [6.07, 6.45) is 3.44. The quantitative estimate of drug-likeness (QED) is 0.807. The molecule has 0 amide bonds. The molecule has 3 nitrogen and oxygen atoms in total. The van der Waals surface area contributed by atoms with Gasteiger partial charge in [-0.2, -0.15) is 4.39 Å². The van der Waals surface area contributed by atoms with Gasteiger partial charge in [0.15, 0.2) is 11.6 Å². The van der Waals surface area contributed by atoms with Gasteiger partial charge in [0.05, 0.1) is 0 Å². The first kappa shape index (κ1) is 13.0. The van der Waals surface area contributed by atoms with Gasteiger partial charge in [-0.15, -0.1) is 0 Å². The summed E-state index contributed by atoms with van der Waals surface area (Å²) >= 11 is 3.09. The van der Waals surface area contributed by atoms with E-state index in [1.165, 1.54) is 6.07 Å². The minimum absolute atomic E-state index is 0.0909. The van der Waals surface area contributed by atoms with Crippen LogP contribution in [0.25, 0.3) is 0 Å². The van der Waals surface area contributed by atoms with E-state index in [1.54, 1.807) is 12.4 Å². The fraction of sp³-hybridized carbons (Fsp3) is 0.250. The van der Waals surface area contributed by atoms with Gasteiger partial charge in [0.25, 0.3) is 0 Å². The van der Waals surface area contributed by atoms with E-state index in [4.69, 9.17) is 4.74 Å². The van der Waals surface area contributed by atoms with E-state index in [9.17, 15) is 8.78 Å². The Morgan fingerprint density at radius 2 is 2.17 bits per heavy atom. The Morgan fingerprint density at radius 1 is 1.39 bits per heavy atom. The molecule has 0 aliphatic carbocycles. The third-order valence-electron chi connectivity index (χ3n) is 2.46. The van der Waals surface area contributed by atoms with Crippen molar-refractivity contribution in [3.05, 3.63) is 46.5 Å². The van der Waals surface area contributed by atoms with Crippen LogP contribution in [0.4, 0.5) is 8.78 Å². The van der Waals surface area contributed by atoms with Crippen LogP contribution in [0.3, 0.4) is 0 Å². The van der Waals surface area contributed by atoms with Gasteiger partial charge in [-0.25, -0.2) is 9.37 Å². The minimum atomic E-state index is -0.993. The topological polar surface area (TPSA) is 27.1 Å². The third kappa shape index (κ3) is 2.69. The second-order valence-electron chi connectivity index (χ2n) is 3.62. The number of imidazole rings is 1. The Bertz CT molecular complexity index is 557. The number of hydrogen-bond acceptors (Lipinski definition) is 2. The second kappa shape index (κ2) is 5.48. The summed E-state index contributed by atoms with van der Waals surface area (Å²) in [6.45, 7) is 2.80. The lowest BCUT2D eigenvalue weighted by atomic mass is 10.3. The molecule has 0 fully saturated rings. The molecule has 0 N–H and O–H groups in total. The largest absolute Gasteiger partial charge is 0.482 e. The Labute approximate surface area is 112 Å². The zero-order chi connectivity index (χ0) is 13.1. The minimum Gasteiger partial charge on any atom is -0.482 e. The highest BCUT2D eigenvalue weighted by molar-refractivity contribution is 9.10. The smallest absolute Gasteiger partial charge is 0.200 e. The summed E-state index contributed by atoms with van der Waals surface area (Å²) in [5, 5.41) is 0. The molecule has 0 unspecified atom stereocenters. The van der Waals surface area contributed by atoms with Crippen molar-refractivity contribution in [1.82, 2.24) is 9.55 Å². The lowest BCUT2D eigenvalue weighted by Gasteiger charge is -2.09. The van der Waals surface area contributed by atoms with Gasteiger partial charge in [-0.3, -0.25) is 0 Å². The average Bonchev–Trinajstić information content (AvgIpc) is 2.79. The Balaban J connectivity index is 2.16. The van der Waals surface area contributed by atoms with Crippen LogP contribution in [0.1, 0.15) is 12.7 Å². The van der Waals surface area contributed by atoms with Gasteiger partial charge in [-0.1, -0.05) is 15.9 Å². The molecular weight excluding hydrogens is 306 g/mol. The highest BCUT2D eigenvalue weighted by atomic mass is 79.9. The molecule has 0 saturated heterocycles. The monoisotopic (exact) mass is 316 g/mol. The van der Waals surface area contributed by atoms with Gasteiger partial charge >= 0.3 is 0 Å². The highest BCUT2D eigenvalue weighted by Gasteiger charge is 2.12. The van der Waals surface area contributed by atoms with Gasteiger partial charge in [-0.05, 0) is 19.1 Å². The molecule has 6 heteroatoms. The predicted octanol–water partition coefficient (Wildman–Crippen LogP) is 3.52. The van der Waals surface area contributed by atoms with Crippen molar-refractivity contribution in [2.24, 2.45) is 0 Å². The summed E-state index contributed by atoms with van der Waals surface area (Å²) in [5.41, 5.74) is 0. The molecule has 0 radical (unpaired) electrons. The molecule has 0 atom stereocenters. The van der Waals surface area contributed by atoms with Crippen molar-refractivity contribution in [3.8, 4) is 5.75 Å². The summed E-state index contributed by atoms with van der Waals surface area (Å²) in [6, 6.07) is 2.44. The fourth-order valence-corrected chi connectivity index (χ4v) is 1.96. The zero-order valence-corrected chi connectivity index (χ0v) is 11.2. The number of halogens is 3. The van der Waals surface area contributed by atoms with E-state index >= 15 is 0 Å². The molecule has 1 aromatic carbocycles. The SMILES string of the molecule is CCn1ccnc1COc1cc(Br)cc(F)c1F. The molecule has 18 heavy (non-hydrogen) atoms. The van der Waals surface area contributed by atoms with Crippen molar-refractivity contribution < 1.29 is 13.5 Å². The van der Waals surface area contributed by atoms with Gasteiger partial charge in [0.1, 0.15) is 12.4 Å². The predicted molar refractivity (Wildman–Crippen MR) is 66.3 cm³/mol. The molecule has 0 spiro atoms. The average molecular weight is 317 g/mol. The molecule has 96 valence electrons. The van der Waals surface area contributed by atoms with Crippen molar-refractivity contribution in [3.63, 3.8) is 0 Å². The summed E-state index contributed by atoms with van der Waals surface area (Å²) < 4.78 is 34.1. The summed E-state index contributed by atoms with van der Waals surface area (Å²) in [4.78, 5) is 4.09. The van der Waals surface area contributed by atoms with E-state index in [0.29, 0.717) is 10.3 Å². The van der Waals surface area contributed by atoms with Crippen LogP contribution in [0.5, 0.6) is 5.75 Å². The van der Waals surface area contributed by atoms with Crippen molar-refractivity contribution >= 4 is 15.9 Å². The normalized spacial score (nSPS) is 10.7. The summed E-state index contributed by atoms with van der Waals surface area (Å²) in [5.74, 6) is -1.41. The molecular formula is C12H11BrF2N2O. The molecule has 1 heterocycles. The maximum absolute atomic E-state index is 13.4. The second-order valence-corrected chi connectivity index (χ2v) is 4.53. The first-order valence-electron chi connectivity index (χ1n) is 5.39. The highest BCUT2D eigenvalue weighted by Crippen LogP contribution is 2.25. The van der Waals surface area contributed by atoms with Crippen LogP contribution < -0.4 is 4.74 Å². The maximum atomic E-state index is 13.4. The van der Waals surface area contributed by atoms with Crippen LogP contribution >= 0.6 is 15.9 Å². The molecule has 2 rings (SSSR count). The van der Waals surface area contributed by atoms with Gasteiger partial charge in [0, 0.05) is 23.4 Å². The van der Waals surface area contributed by atoms with E-state index in [0.717, 1.165) is 12.6 Å². The van der Waals surface area contributed by atoms with Crippen LogP contribution in [0.15, 0.2) is 29.0 Å². The van der Waals surface area contributed by atoms with Crippen molar-refractivity contribution in [2.75, 3.05) is 0 Å². The van der Waals surface area contributed by atoms with Crippen LogP contribution in [0.2, 0.25) is 0 Å². The van der Waals surface area contributed by atoms with E-state index in [-0.39, 0.29) is 12.4 Å². The lowest BCUT2D eigenvalue weighted by Crippen LogP contribution is -2.06. The standard InChI is InChI=1S/C12H11BrF2N2O/c1-2-17-4-3-16-11(17)7-18-10-6-8(13)5-9(14)12(10)15/h3-6H,2,7H2,1H3. The zero-order valence-electron chi connectivity index (χ0n) is 9.66. The fourth-order valence-electron chi connectivity index (χ4n) is 1.55. The number of aryl methyl sites for hydroxylation is 1. The van der Waals surface area contributed by atoms with Gasteiger partial charge in [0.2, 0.25) is 5.82 Å². The number of ether oxygens (including phenoxy) is 1. The number of rotatable bonds is 4. The van der Waals surface area contributed by atoms with E-state index in [2.05, 4.69) is 20.9 Å². The van der Waals surface area contributed by atoms with Crippen molar-refractivity contribution in [2.45, 2.75) is 20.1 Å². The molecule has 2 aromatic rings. The molecule has 0 aliphatic heterocycles.